The van der Waals surface area contributed by atoms with E-state index in [0.717, 1.165) is 0 Å². The van der Waals surface area contributed by atoms with E-state index in [-0.39, 0.29) is 62.3 Å². The molecule has 334 valence electrons. The molecule has 0 radical (unpaired) electrons. The van der Waals surface area contributed by atoms with Crippen molar-refractivity contribution in [3.8, 4) is 0 Å². The SMILES string of the molecule is CC[C@H](NC(=O)[C@H]([C@@H](C)CC)N1CCC(NC(=O)Cc2ccc(NC(=O)c3cnc4ccccc4n3)cc2)C1=O)C(=O)N[C@H](CCCN=C(N)N)C(=O)N[C@H](C(N)=O)[C@@H](C)CC. The lowest BCUT2D eigenvalue weighted by Gasteiger charge is -2.33. The molecule has 19 heteroatoms. The lowest BCUT2D eigenvalue weighted by atomic mass is 9.96. The first-order valence-corrected chi connectivity index (χ1v) is 21.0. The third-order valence-corrected chi connectivity index (χ3v) is 11.1. The number of aliphatic imine (C=N–C) groups is 1. The molecule has 1 unspecified atom stereocenters. The minimum Gasteiger partial charge on any atom is -0.370 e. The fourth-order valence-electron chi connectivity index (χ4n) is 7.08. The fraction of sp³-hybridized carbons (Fsp3) is 0.488. The minimum atomic E-state index is -1.11. The first-order valence-electron chi connectivity index (χ1n) is 21.0. The van der Waals surface area contributed by atoms with Crippen molar-refractivity contribution in [3.63, 3.8) is 0 Å². The summed E-state index contributed by atoms with van der Waals surface area (Å²) in [6.45, 7) is 9.41. The van der Waals surface area contributed by atoms with Crippen molar-refractivity contribution in [1.29, 1.82) is 0 Å². The zero-order chi connectivity index (χ0) is 45.5. The normalized spacial score (nSPS) is 16.5. The molecule has 4 rings (SSSR count). The van der Waals surface area contributed by atoms with Crippen LogP contribution in [0, 0.1) is 11.8 Å². The molecular weight excluding hydrogens is 797 g/mol. The lowest BCUT2D eigenvalue weighted by Crippen LogP contribution is -2.59. The maximum atomic E-state index is 14.0. The second-order valence-electron chi connectivity index (χ2n) is 15.6. The van der Waals surface area contributed by atoms with E-state index in [1.807, 2.05) is 32.9 Å². The van der Waals surface area contributed by atoms with Crippen LogP contribution >= 0.6 is 0 Å². The highest BCUT2D eigenvalue weighted by atomic mass is 16.2. The van der Waals surface area contributed by atoms with Gasteiger partial charge in [0.25, 0.3) is 5.91 Å². The smallest absolute Gasteiger partial charge is 0.275 e. The largest absolute Gasteiger partial charge is 0.370 e. The van der Waals surface area contributed by atoms with Gasteiger partial charge in [0, 0.05) is 18.8 Å². The second-order valence-corrected chi connectivity index (χ2v) is 15.6. The quantitative estimate of drug-likeness (QED) is 0.0401. The average Bonchev–Trinajstić information content (AvgIpc) is 3.60. The number of amides is 7. The van der Waals surface area contributed by atoms with E-state index in [9.17, 15) is 33.6 Å². The number of hydrogen-bond acceptors (Lipinski definition) is 10. The number of anilines is 1. The molecule has 2 heterocycles. The van der Waals surface area contributed by atoms with E-state index in [4.69, 9.17) is 17.2 Å². The predicted molar refractivity (Wildman–Crippen MR) is 234 cm³/mol. The summed E-state index contributed by atoms with van der Waals surface area (Å²) in [7, 11) is 0. The van der Waals surface area contributed by atoms with Crippen molar-refractivity contribution in [3.05, 3.63) is 66.0 Å². The van der Waals surface area contributed by atoms with Crippen molar-refractivity contribution in [2.24, 2.45) is 34.0 Å². The molecule has 2 aromatic carbocycles. The molecule has 0 bridgehead atoms. The first-order chi connectivity index (χ1) is 29.6. The van der Waals surface area contributed by atoms with Gasteiger partial charge in [-0.25, -0.2) is 4.98 Å². The molecule has 19 nitrogen and oxygen atoms in total. The Morgan fingerprint density at radius 3 is 2.10 bits per heavy atom. The molecule has 0 spiro atoms. The van der Waals surface area contributed by atoms with Crippen LogP contribution in [0.1, 0.15) is 89.2 Å². The van der Waals surface area contributed by atoms with Gasteiger partial charge in [-0.2, -0.15) is 0 Å². The van der Waals surface area contributed by atoms with Crippen LogP contribution < -0.4 is 43.8 Å². The van der Waals surface area contributed by atoms with Gasteiger partial charge in [-0.05, 0) is 67.3 Å². The van der Waals surface area contributed by atoms with Gasteiger partial charge >= 0.3 is 0 Å². The highest BCUT2D eigenvalue weighted by Gasteiger charge is 2.42. The molecule has 0 saturated carbocycles. The number of para-hydroxylation sites is 2. The molecule has 1 saturated heterocycles. The van der Waals surface area contributed by atoms with Gasteiger partial charge in [-0.15, -0.1) is 0 Å². The zero-order valence-electron chi connectivity index (χ0n) is 36.0. The van der Waals surface area contributed by atoms with E-state index in [0.29, 0.717) is 41.5 Å². The molecule has 7 amide bonds. The molecule has 0 aliphatic carbocycles. The summed E-state index contributed by atoms with van der Waals surface area (Å²) in [5.74, 6) is -4.51. The van der Waals surface area contributed by atoms with Crippen molar-refractivity contribution < 1.29 is 33.6 Å². The number of nitrogens with zero attached hydrogens (tertiary/aromatic N) is 4. The van der Waals surface area contributed by atoms with Gasteiger partial charge in [0.2, 0.25) is 35.4 Å². The van der Waals surface area contributed by atoms with Gasteiger partial charge in [0.1, 0.15) is 35.9 Å². The maximum absolute atomic E-state index is 14.0. The number of primary amides is 1. The number of aromatic nitrogens is 2. The van der Waals surface area contributed by atoms with E-state index < -0.39 is 71.6 Å². The number of hydrogen-bond donors (Lipinski definition) is 8. The summed E-state index contributed by atoms with van der Waals surface area (Å²) in [5.41, 5.74) is 19.0. The van der Waals surface area contributed by atoms with Crippen molar-refractivity contribution in [2.75, 3.05) is 18.4 Å². The molecule has 11 N–H and O–H groups in total. The van der Waals surface area contributed by atoms with Crippen LogP contribution in [0.15, 0.2) is 59.7 Å². The Hall–Kier alpha value is -6.66. The topological polar surface area (TPSA) is 299 Å². The number of carbonyl (C=O) groups is 7. The Morgan fingerprint density at radius 2 is 1.47 bits per heavy atom. The minimum absolute atomic E-state index is 0.0369. The summed E-state index contributed by atoms with van der Waals surface area (Å²) in [6.07, 6.45) is 3.31. The van der Waals surface area contributed by atoms with Crippen molar-refractivity contribution in [2.45, 2.75) is 110 Å². The molecule has 1 aliphatic rings. The number of carbonyl (C=O) groups excluding carboxylic acids is 7. The van der Waals surface area contributed by atoms with Crippen LogP contribution in [-0.4, -0.2) is 105 Å². The van der Waals surface area contributed by atoms with Crippen LogP contribution in [0.4, 0.5) is 5.69 Å². The van der Waals surface area contributed by atoms with Crippen LogP contribution in [0.5, 0.6) is 0 Å². The van der Waals surface area contributed by atoms with Crippen LogP contribution in [0.3, 0.4) is 0 Å². The number of guanidine groups is 1. The summed E-state index contributed by atoms with van der Waals surface area (Å²) >= 11 is 0. The molecule has 1 aliphatic heterocycles. The number of nitrogens with two attached hydrogens (primary N) is 3. The highest BCUT2D eigenvalue weighted by Crippen LogP contribution is 2.23. The van der Waals surface area contributed by atoms with E-state index in [2.05, 4.69) is 41.5 Å². The summed E-state index contributed by atoms with van der Waals surface area (Å²) in [4.78, 5) is 107. The molecular formula is C43H60N12O7. The van der Waals surface area contributed by atoms with Crippen LogP contribution in [-0.2, 0) is 35.2 Å². The monoisotopic (exact) mass is 856 g/mol. The molecule has 3 aromatic rings. The van der Waals surface area contributed by atoms with Crippen molar-refractivity contribution in [1.82, 2.24) is 36.1 Å². The maximum Gasteiger partial charge on any atom is 0.275 e. The Bertz CT molecular complexity index is 2110. The first kappa shape index (κ1) is 48.0. The van der Waals surface area contributed by atoms with Gasteiger partial charge in [-0.3, -0.25) is 43.5 Å². The average molecular weight is 857 g/mol. The van der Waals surface area contributed by atoms with E-state index >= 15 is 0 Å². The molecule has 1 fully saturated rings. The van der Waals surface area contributed by atoms with E-state index in [1.54, 1.807) is 50.2 Å². The third-order valence-electron chi connectivity index (χ3n) is 11.1. The summed E-state index contributed by atoms with van der Waals surface area (Å²) in [5, 5.41) is 13.7. The van der Waals surface area contributed by atoms with Crippen LogP contribution in [0.25, 0.3) is 11.0 Å². The Kier molecular flexibility index (Phi) is 17.7. The number of benzene rings is 2. The lowest BCUT2D eigenvalue weighted by molar-refractivity contribution is -0.142. The van der Waals surface area contributed by atoms with Crippen molar-refractivity contribution >= 4 is 64.0 Å². The third kappa shape index (κ3) is 13.2. The predicted octanol–water partition coefficient (Wildman–Crippen LogP) is 1.01. The Labute approximate surface area is 361 Å². The Morgan fingerprint density at radius 1 is 0.823 bits per heavy atom. The second kappa shape index (κ2) is 22.8. The van der Waals surface area contributed by atoms with E-state index in [1.165, 1.54) is 11.1 Å². The van der Waals surface area contributed by atoms with Gasteiger partial charge < -0.3 is 48.7 Å². The summed E-state index contributed by atoms with van der Waals surface area (Å²) < 4.78 is 0. The number of nitrogens with one attached hydrogen (secondary N) is 5. The number of likely N-dealkylation sites (tertiary alicyclic amines) is 1. The van der Waals surface area contributed by atoms with Gasteiger partial charge in [0.05, 0.1) is 23.7 Å². The van der Waals surface area contributed by atoms with Crippen LogP contribution in [0.2, 0.25) is 0 Å². The molecule has 7 atom stereocenters. The van der Waals surface area contributed by atoms with Gasteiger partial charge in [0.15, 0.2) is 5.96 Å². The Balaban J connectivity index is 1.36. The van der Waals surface area contributed by atoms with Gasteiger partial charge in [-0.1, -0.05) is 71.7 Å². The molecule has 1 aromatic heterocycles. The standard InChI is InChI=1S/C43H60N12O7/c1-6-24(4)35(37(44)57)54-39(59)31(14-11-20-47-43(45)46)53-38(58)28(8-3)52-41(61)36(25(5)7-2)55-21-19-32(42(55)62)51-34(56)22-26-15-17-27(18-16-26)49-40(60)33-23-48-29-12-9-10-13-30(29)50-33/h9-10,12-13,15-18,23-25,28,31-32,35-36H,6-8,11,14,19-22H2,1-5H3,(H2,44,57)(H,49,60)(H,51,56)(H,52,61)(H,53,58)(H,54,59)(H4,45,46,47)/t24-,25-,28-,31+,32?,35-,36-/m0/s1. The highest BCUT2D eigenvalue weighted by molar-refractivity contribution is 6.03. The molecule has 62 heavy (non-hydrogen) atoms. The zero-order valence-corrected chi connectivity index (χ0v) is 36.0. The number of fused-ring (bicyclic) bond motifs is 1. The fourth-order valence-corrected chi connectivity index (χ4v) is 7.08. The number of rotatable bonds is 22. The summed E-state index contributed by atoms with van der Waals surface area (Å²) in [6, 6.07) is 8.94.